The number of carbonyl (C=O) groups excluding carboxylic acids is 1. The maximum absolute atomic E-state index is 12.1. The number of halogens is 1. The predicted octanol–water partition coefficient (Wildman–Crippen LogP) is 1.03. The Morgan fingerprint density at radius 1 is 1.38 bits per heavy atom. The van der Waals surface area contributed by atoms with Gasteiger partial charge in [-0.1, -0.05) is 0 Å². The van der Waals surface area contributed by atoms with Gasteiger partial charge in [-0.25, -0.2) is 4.79 Å². The van der Waals surface area contributed by atoms with Crippen LogP contribution in [0.15, 0.2) is 16.9 Å². The highest BCUT2D eigenvalue weighted by atomic mass is 79.9. The van der Waals surface area contributed by atoms with Crippen LogP contribution in [-0.2, 0) is 20.1 Å². The summed E-state index contributed by atoms with van der Waals surface area (Å²) in [5, 5.41) is 19.7. The van der Waals surface area contributed by atoms with Crippen LogP contribution in [0.25, 0.3) is 0 Å². The molecule has 8 nitrogen and oxygen atoms in total. The van der Waals surface area contributed by atoms with E-state index < -0.39 is 11.9 Å². The van der Waals surface area contributed by atoms with Gasteiger partial charge >= 0.3 is 5.97 Å². The maximum atomic E-state index is 12.1. The number of carboxylic acids is 1. The molecule has 2 heterocycles. The number of rotatable bonds is 5. The zero-order valence-corrected chi connectivity index (χ0v) is 13.1. The summed E-state index contributed by atoms with van der Waals surface area (Å²) >= 11 is 3.36. The lowest BCUT2D eigenvalue weighted by Crippen LogP contribution is -2.26. The number of nitrogens with zero attached hydrogens (tertiary/aromatic N) is 4. The lowest BCUT2D eigenvalue weighted by atomic mass is 10.2. The summed E-state index contributed by atoms with van der Waals surface area (Å²) in [5.74, 6) is -1.68. The van der Waals surface area contributed by atoms with E-state index in [1.54, 1.807) is 10.9 Å². The number of aromatic carboxylic acids is 1. The molecule has 0 atom stereocenters. The lowest BCUT2D eigenvalue weighted by molar-refractivity contribution is 0.0679. The Morgan fingerprint density at radius 3 is 2.71 bits per heavy atom. The van der Waals surface area contributed by atoms with E-state index in [-0.39, 0.29) is 17.8 Å². The molecule has 0 bridgehead atoms. The third-order valence-corrected chi connectivity index (χ3v) is 3.66. The maximum Gasteiger partial charge on any atom is 0.354 e. The Bertz CT molecular complexity index is 691. The summed E-state index contributed by atoms with van der Waals surface area (Å²) in [6, 6.07) is 0. The van der Waals surface area contributed by atoms with Crippen molar-refractivity contribution >= 4 is 27.8 Å². The van der Waals surface area contributed by atoms with Crippen molar-refractivity contribution < 1.29 is 14.7 Å². The number of hydrogen-bond donors (Lipinski definition) is 2. The van der Waals surface area contributed by atoms with Gasteiger partial charge in [0.1, 0.15) is 0 Å². The van der Waals surface area contributed by atoms with Gasteiger partial charge in [-0.3, -0.25) is 14.2 Å². The average Bonchev–Trinajstić information content (AvgIpc) is 2.99. The van der Waals surface area contributed by atoms with E-state index in [1.807, 2.05) is 6.92 Å². The highest BCUT2D eigenvalue weighted by Crippen LogP contribution is 2.16. The van der Waals surface area contributed by atoms with Gasteiger partial charge < -0.3 is 10.4 Å². The van der Waals surface area contributed by atoms with Gasteiger partial charge in [-0.2, -0.15) is 10.2 Å². The lowest BCUT2D eigenvalue weighted by Gasteiger charge is -2.07. The molecule has 0 radical (unpaired) electrons. The van der Waals surface area contributed by atoms with Gasteiger partial charge in [0.25, 0.3) is 5.91 Å². The first-order chi connectivity index (χ1) is 9.95. The molecule has 2 N–H and O–H groups in total. The van der Waals surface area contributed by atoms with E-state index in [9.17, 15) is 9.59 Å². The van der Waals surface area contributed by atoms with Gasteiger partial charge in [0.2, 0.25) is 0 Å². The zero-order chi connectivity index (χ0) is 15.6. The number of amides is 1. The molecule has 0 aliphatic carbocycles. The van der Waals surface area contributed by atoms with Crippen LogP contribution in [0.4, 0.5) is 0 Å². The fourth-order valence-electron chi connectivity index (χ4n) is 1.95. The fourth-order valence-corrected chi connectivity index (χ4v) is 2.39. The molecule has 0 saturated heterocycles. The minimum Gasteiger partial charge on any atom is -0.477 e. The Morgan fingerprint density at radius 2 is 2.10 bits per heavy atom. The molecule has 0 unspecified atom stereocenters. The topological polar surface area (TPSA) is 102 Å². The predicted molar refractivity (Wildman–Crippen MR) is 76.9 cm³/mol. The molecule has 0 aromatic carbocycles. The van der Waals surface area contributed by atoms with Crippen LogP contribution in [0.5, 0.6) is 0 Å². The van der Waals surface area contributed by atoms with Gasteiger partial charge in [0, 0.05) is 13.6 Å². The standard InChI is InChI=1S/C12H14BrN5O3/c1-3-18-9(8(13)5-16-18)6-14-11(19)7-4-15-17(2)10(7)12(20)21/h4-5H,3,6H2,1-2H3,(H,14,19)(H,20,21). The first-order valence-electron chi connectivity index (χ1n) is 6.19. The Hall–Kier alpha value is -2.16. The van der Waals surface area contributed by atoms with Crippen LogP contribution in [0.3, 0.4) is 0 Å². The first kappa shape index (κ1) is 15.2. The zero-order valence-electron chi connectivity index (χ0n) is 11.5. The number of carbonyl (C=O) groups is 2. The molecule has 112 valence electrons. The largest absolute Gasteiger partial charge is 0.477 e. The van der Waals surface area contributed by atoms with Gasteiger partial charge in [-0.05, 0) is 22.9 Å². The summed E-state index contributed by atoms with van der Waals surface area (Å²) in [6.07, 6.45) is 2.89. The van der Waals surface area contributed by atoms with Gasteiger partial charge in [0.15, 0.2) is 5.69 Å². The second-order valence-electron chi connectivity index (χ2n) is 4.27. The number of hydrogen-bond acceptors (Lipinski definition) is 4. The van der Waals surface area contributed by atoms with Crippen LogP contribution in [0, 0.1) is 0 Å². The molecule has 0 aliphatic rings. The summed E-state index contributed by atoms with van der Waals surface area (Å²) in [7, 11) is 1.48. The van der Waals surface area contributed by atoms with Crippen molar-refractivity contribution in [3.05, 3.63) is 33.8 Å². The van der Waals surface area contributed by atoms with Crippen molar-refractivity contribution in [2.45, 2.75) is 20.0 Å². The van der Waals surface area contributed by atoms with Crippen molar-refractivity contribution in [2.24, 2.45) is 7.05 Å². The molecular weight excluding hydrogens is 342 g/mol. The second-order valence-corrected chi connectivity index (χ2v) is 5.13. The first-order valence-corrected chi connectivity index (χ1v) is 6.98. The van der Waals surface area contributed by atoms with Crippen molar-refractivity contribution in [3.63, 3.8) is 0 Å². The molecule has 21 heavy (non-hydrogen) atoms. The number of carboxylic acid groups (broad SMARTS) is 1. The van der Waals surface area contributed by atoms with Crippen molar-refractivity contribution in [1.29, 1.82) is 0 Å². The molecule has 0 fully saturated rings. The quantitative estimate of drug-likeness (QED) is 0.833. The third kappa shape index (κ3) is 2.97. The summed E-state index contributed by atoms with van der Waals surface area (Å²) in [6.45, 7) is 2.85. The van der Waals surface area contributed by atoms with E-state index >= 15 is 0 Å². The molecule has 0 spiro atoms. The minimum absolute atomic E-state index is 0.0312. The van der Waals surface area contributed by atoms with E-state index in [4.69, 9.17) is 5.11 Å². The fraction of sp³-hybridized carbons (Fsp3) is 0.333. The highest BCUT2D eigenvalue weighted by molar-refractivity contribution is 9.10. The van der Waals surface area contributed by atoms with E-state index in [2.05, 4.69) is 31.4 Å². The van der Waals surface area contributed by atoms with Crippen LogP contribution in [0.1, 0.15) is 33.5 Å². The molecule has 2 aromatic heterocycles. The second kappa shape index (κ2) is 6.08. The molecule has 1 amide bonds. The average molecular weight is 356 g/mol. The van der Waals surface area contributed by atoms with Crippen LogP contribution in [-0.4, -0.2) is 36.5 Å². The number of aryl methyl sites for hydroxylation is 2. The minimum atomic E-state index is -1.19. The highest BCUT2D eigenvalue weighted by Gasteiger charge is 2.21. The van der Waals surface area contributed by atoms with E-state index in [0.29, 0.717) is 6.54 Å². The monoisotopic (exact) mass is 355 g/mol. The molecule has 9 heteroatoms. The van der Waals surface area contributed by atoms with E-state index in [0.717, 1.165) is 14.8 Å². The van der Waals surface area contributed by atoms with Crippen LogP contribution >= 0.6 is 15.9 Å². The summed E-state index contributed by atoms with van der Waals surface area (Å²) < 4.78 is 3.68. The van der Waals surface area contributed by atoms with Gasteiger partial charge in [-0.15, -0.1) is 0 Å². The normalized spacial score (nSPS) is 10.6. The molecule has 2 rings (SSSR count). The molecule has 0 aliphatic heterocycles. The van der Waals surface area contributed by atoms with Crippen molar-refractivity contribution in [2.75, 3.05) is 0 Å². The Balaban J connectivity index is 2.16. The van der Waals surface area contributed by atoms with E-state index in [1.165, 1.54) is 13.2 Å². The van der Waals surface area contributed by atoms with Crippen LogP contribution in [0.2, 0.25) is 0 Å². The third-order valence-electron chi connectivity index (χ3n) is 3.00. The van der Waals surface area contributed by atoms with Crippen molar-refractivity contribution in [1.82, 2.24) is 24.9 Å². The Kier molecular flexibility index (Phi) is 4.41. The summed E-state index contributed by atoms with van der Waals surface area (Å²) in [5.41, 5.74) is 0.700. The smallest absolute Gasteiger partial charge is 0.354 e. The molecule has 2 aromatic rings. The van der Waals surface area contributed by atoms with Crippen LogP contribution < -0.4 is 5.32 Å². The Labute approximate surface area is 128 Å². The number of nitrogens with one attached hydrogen (secondary N) is 1. The van der Waals surface area contributed by atoms with Gasteiger partial charge in [0.05, 0.1) is 34.7 Å². The summed E-state index contributed by atoms with van der Waals surface area (Å²) in [4.78, 5) is 23.2. The molecule has 0 saturated carbocycles. The SMILES string of the molecule is CCn1ncc(Br)c1CNC(=O)c1cnn(C)c1C(=O)O. The molecular formula is C12H14BrN5O3. The number of aromatic nitrogens is 4. The van der Waals surface area contributed by atoms with Crippen molar-refractivity contribution in [3.8, 4) is 0 Å².